The van der Waals surface area contributed by atoms with Crippen molar-refractivity contribution in [2.75, 3.05) is 20.7 Å². The fourth-order valence-electron chi connectivity index (χ4n) is 2.41. The topological polar surface area (TPSA) is 42.8 Å². The van der Waals surface area contributed by atoms with Crippen molar-refractivity contribution in [3.63, 3.8) is 0 Å². The number of benzene rings is 2. The summed E-state index contributed by atoms with van der Waals surface area (Å²) in [7, 11) is 3.61. The van der Waals surface area contributed by atoms with E-state index in [1.165, 1.54) is 0 Å². The number of methoxy groups -OCH3 is 1. The maximum absolute atomic E-state index is 12.1. The van der Waals surface area contributed by atoms with Crippen molar-refractivity contribution in [2.45, 2.75) is 13.1 Å². The van der Waals surface area contributed by atoms with Crippen LogP contribution in [-0.2, 0) is 17.9 Å². The van der Waals surface area contributed by atoms with Gasteiger partial charge in [0, 0.05) is 22.7 Å². The minimum atomic E-state index is 0.000426. The third kappa shape index (κ3) is 5.27. The van der Waals surface area contributed by atoms with E-state index in [0.717, 1.165) is 26.8 Å². The summed E-state index contributed by atoms with van der Waals surface area (Å²) in [5, 5.41) is 3.67. The van der Waals surface area contributed by atoms with Crippen LogP contribution in [0.15, 0.2) is 48.5 Å². The molecule has 0 aliphatic heterocycles. The van der Waals surface area contributed by atoms with Gasteiger partial charge in [0.2, 0.25) is 0 Å². The maximum atomic E-state index is 12.1. The lowest BCUT2D eigenvalue weighted by Crippen LogP contribution is -3.08. The molecule has 0 bridgehead atoms. The Balaban J connectivity index is 1.83. The molecular formula is C18H22ClN2O2+. The Morgan fingerprint density at radius 3 is 2.48 bits per heavy atom. The Kier molecular flexibility index (Phi) is 6.44. The number of carbonyl (C=O) groups is 1. The number of hydrogen-bond donors (Lipinski definition) is 2. The highest BCUT2D eigenvalue weighted by Crippen LogP contribution is 2.16. The zero-order valence-corrected chi connectivity index (χ0v) is 14.2. The number of rotatable bonds is 7. The second-order valence-electron chi connectivity index (χ2n) is 5.49. The first kappa shape index (κ1) is 17.3. The van der Waals surface area contributed by atoms with Crippen molar-refractivity contribution in [3.05, 3.63) is 64.7 Å². The van der Waals surface area contributed by atoms with Crippen LogP contribution >= 0.6 is 11.6 Å². The van der Waals surface area contributed by atoms with Crippen LogP contribution in [0.25, 0.3) is 0 Å². The first-order valence-corrected chi connectivity index (χ1v) is 7.91. The van der Waals surface area contributed by atoms with Gasteiger partial charge in [-0.2, -0.15) is 0 Å². The van der Waals surface area contributed by atoms with Gasteiger partial charge in [0.15, 0.2) is 6.54 Å². The molecular weight excluding hydrogens is 312 g/mol. The van der Waals surface area contributed by atoms with E-state index in [9.17, 15) is 4.79 Å². The third-order valence-electron chi connectivity index (χ3n) is 3.58. The van der Waals surface area contributed by atoms with Gasteiger partial charge in [-0.1, -0.05) is 48.0 Å². The molecule has 2 aromatic rings. The largest absolute Gasteiger partial charge is 0.496 e. The molecule has 0 heterocycles. The lowest BCUT2D eigenvalue weighted by atomic mass is 10.2. The van der Waals surface area contributed by atoms with Crippen LogP contribution in [0, 0.1) is 0 Å². The second kappa shape index (κ2) is 8.56. The van der Waals surface area contributed by atoms with Crippen molar-refractivity contribution < 1.29 is 14.4 Å². The lowest BCUT2D eigenvalue weighted by molar-refractivity contribution is -0.885. The van der Waals surface area contributed by atoms with Gasteiger partial charge in [-0.05, 0) is 12.1 Å². The van der Waals surface area contributed by atoms with Crippen LogP contribution < -0.4 is 15.0 Å². The molecule has 0 radical (unpaired) electrons. The van der Waals surface area contributed by atoms with Gasteiger partial charge < -0.3 is 15.0 Å². The molecule has 2 rings (SSSR count). The molecule has 0 saturated carbocycles. The maximum Gasteiger partial charge on any atom is 0.275 e. The van der Waals surface area contributed by atoms with Crippen molar-refractivity contribution >= 4 is 17.5 Å². The van der Waals surface area contributed by atoms with E-state index >= 15 is 0 Å². The summed E-state index contributed by atoms with van der Waals surface area (Å²) in [6, 6.07) is 15.4. The second-order valence-corrected chi connectivity index (χ2v) is 5.90. The summed E-state index contributed by atoms with van der Waals surface area (Å²) in [6.45, 7) is 1.56. The molecule has 0 spiro atoms. The third-order valence-corrected chi connectivity index (χ3v) is 3.95. The molecule has 0 aromatic heterocycles. The molecule has 0 saturated heterocycles. The van der Waals surface area contributed by atoms with Gasteiger partial charge in [-0.15, -0.1) is 0 Å². The van der Waals surface area contributed by atoms with E-state index in [2.05, 4.69) is 5.32 Å². The fraction of sp³-hybridized carbons (Fsp3) is 0.278. The molecule has 1 atom stereocenters. The Morgan fingerprint density at radius 1 is 1.13 bits per heavy atom. The van der Waals surface area contributed by atoms with Crippen LogP contribution in [0.5, 0.6) is 5.75 Å². The summed E-state index contributed by atoms with van der Waals surface area (Å²) in [5.41, 5.74) is 2.01. The fourth-order valence-corrected chi connectivity index (χ4v) is 2.61. The molecule has 23 heavy (non-hydrogen) atoms. The van der Waals surface area contributed by atoms with Crippen LogP contribution in [0.2, 0.25) is 5.02 Å². The van der Waals surface area contributed by atoms with Gasteiger partial charge in [-0.25, -0.2) is 0 Å². The van der Waals surface area contributed by atoms with Crippen LogP contribution in [0.1, 0.15) is 11.1 Å². The van der Waals surface area contributed by atoms with E-state index in [0.29, 0.717) is 19.6 Å². The van der Waals surface area contributed by atoms with E-state index in [-0.39, 0.29) is 5.91 Å². The van der Waals surface area contributed by atoms with E-state index in [1.54, 1.807) is 7.11 Å². The SMILES string of the molecule is COc1ccccc1CNC(=O)C[NH+](C)Cc1ccccc1Cl. The molecule has 0 aliphatic carbocycles. The monoisotopic (exact) mass is 333 g/mol. The molecule has 1 amide bonds. The highest BCUT2D eigenvalue weighted by molar-refractivity contribution is 6.31. The zero-order chi connectivity index (χ0) is 16.7. The minimum Gasteiger partial charge on any atom is -0.496 e. The first-order valence-electron chi connectivity index (χ1n) is 7.53. The number of ether oxygens (including phenoxy) is 1. The highest BCUT2D eigenvalue weighted by atomic mass is 35.5. The van der Waals surface area contributed by atoms with E-state index < -0.39 is 0 Å². The molecule has 2 N–H and O–H groups in total. The van der Waals surface area contributed by atoms with Gasteiger partial charge >= 0.3 is 0 Å². The molecule has 0 aliphatic rings. The Bertz CT molecular complexity index is 661. The lowest BCUT2D eigenvalue weighted by Gasteiger charge is -2.15. The Hall–Kier alpha value is -2.04. The number of likely N-dealkylation sites (N-methyl/N-ethyl adjacent to an activating group) is 1. The van der Waals surface area contributed by atoms with Crippen LogP contribution in [-0.4, -0.2) is 26.6 Å². The van der Waals surface area contributed by atoms with Gasteiger partial charge in [0.1, 0.15) is 12.3 Å². The van der Waals surface area contributed by atoms with Crippen molar-refractivity contribution in [1.29, 1.82) is 0 Å². The van der Waals surface area contributed by atoms with E-state index in [4.69, 9.17) is 16.3 Å². The number of halogens is 1. The summed E-state index contributed by atoms with van der Waals surface area (Å²) < 4.78 is 5.28. The molecule has 122 valence electrons. The summed E-state index contributed by atoms with van der Waals surface area (Å²) in [4.78, 5) is 13.2. The molecule has 0 fully saturated rings. The number of quaternary nitrogens is 1. The summed E-state index contributed by atoms with van der Waals surface area (Å²) in [5.74, 6) is 0.782. The van der Waals surface area contributed by atoms with Gasteiger partial charge in [-0.3, -0.25) is 4.79 Å². The van der Waals surface area contributed by atoms with Crippen LogP contribution in [0.4, 0.5) is 0 Å². The van der Waals surface area contributed by atoms with Crippen molar-refractivity contribution in [2.24, 2.45) is 0 Å². The number of nitrogens with one attached hydrogen (secondary N) is 2. The minimum absolute atomic E-state index is 0.000426. The average molecular weight is 334 g/mol. The van der Waals surface area contributed by atoms with E-state index in [1.807, 2.05) is 55.6 Å². The predicted octanol–water partition coefficient (Wildman–Crippen LogP) is 1.68. The molecule has 2 aromatic carbocycles. The highest BCUT2D eigenvalue weighted by Gasteiger charge is 2.12. The number of hydrogen-bond acceptors (Lipinski definition) is 2. The normalized spacial score (nSPS) is 11.8. The summed E-state index contributed by atoms with van der Waals surface area (Å²) in [6.07, 6.45) is 0. The Labute approximate surface area is 142 Å². The quantitative estimate of drug-likeness (QED) is 0.809. The molecule has 5 heteroatoms. The van der Waals surface area contributed by atoms with Crippen molar-refractivity contribution in [3.8, 4) is 5.75 Å². The van der Waals surface area contributed by atoms with Crippen molar-refractivity contribution in [1.82, 2.24) is 5.32 Å². The Morgan fingerprint density at radius 2 is 1.78 bits per heavy atom. The van der Waals surface area contributed by atoms with Gasteiger partial charge in [0.25, 0.3) is 5.91 Å². The predicted molar refractivity (Wildman–Crippen MR) is 91.8 cm³/mol. The molecule has 4 nitrogen and oxygen atoms in total. The summed E-state index contributed by atoms with van der Waals surface area (Å²) >= 11 is 6.15. The smallest absolute Gasteiger partial charge is 0.275 e. The average Bonchev–Trinajstić information content (AvgIpc) is 2.55. The number of para-hydroxylation sites is 1. The first-order chi connectivity index (χ1) is 11.1. The number of carbonyl (C=O) groups excluding carboxylic acids is 1. The van der Waals surface area contributed by atoms with Gasteiger partial charge in [0.05, 0.1) is 14.2 Å². The zero-order valence-electron chi connectivity index (χ0n) is 13.4. The number of amides is 1. The van der Waals surface area contributed by atoms with Crippen LogP contribution in [0.3, 0.4) is 0 Å². The standard InChI is InChI=1S/C18H21ClN2O2/c1-21(12-15-8-3-5-9-16(15)19)13-18(22)20-11-14-7-4-6-10-17(14)23-2/h3-10H,11-13H2,1-2H3,(H,20,22)/p+1. The molecule has 1 unspecified atom stereocenters.